The molecule has 0 heterocycles. The molecule has 1 aromatic carbocycles. The summed E-state index contributed by atoms with van der Waals surface area (Å²) >= 11 is 0. The van der Waals surface area contributed by atoms with E-state index in [1.54, 1.807) is 12.1 Å². The van der Waals surface area contributed by atoms with Gasteiger partial charge < -0.3 is 4.89 Å². The lowest BCUT2D eigenvalue weighted by molar-refractivity contribution is 0.513. The van der Waals surface area contributed by atoms with E-state index in [2.05, 4.69) is 6.92 Å². The van der Waals surface area contributed by atoms with Gasteiger partial charge in [-0.3, -0.25) is 4.57 Å². The van der Waals surface area contributed by atoms with E-state index in [0.717, 1.165) is 6.42 Å². The molecule has 1 aromatic rings. The highest BCUT2D eigenvalue weighted by atomic mass is 31.1. The second kappa shape index (κ2) is 3.70. The second-order valence-corrected chi connectivity index (χ2v) is 3.54. The van der Waals surface area contributed by atoms with Gasteiger partial charge >= 0.3 is 0 Å². The zero-order valence-electron chi connectivity index (χ0n) is 6.37. The number of rotatable bonds is 2. The van der Waals surface area contributed by atoms with Crippen molar-refractivity contribution < 1.29 is 9.46 Å². The zero-order valence-corrected chi connectivity index (χ0v) is 7.37. The summed E-state index contributed by atoms with van der Waals surface area (Å²) in [6.45, 7) is 2.05. The molecule has 60 valence electrons. The van der Waals surface area contributed by atoms with Crippen LogP contribution >= 0.6 is 8.03 Å². The molecular formula is C8H11O2P. The third-order valence-electron chi connectivity index (χ3n) is 1.61. The number of hydrogen-bond acceptors (Lipinski definition) is 1. The number of hydrogen-bond donors (Lipinski definition) is 1. The molecule has 1 unspecified atom stereocenters. The van der Waals surface area contributed by atoms with Crippen LogP contribution in [0, 0.1) is 0 Å². The van der Waals surface area contributed by atoms with Crippen molar-refractivity contribution in [2.45, 2.75) is 13.3 Å². The van der Waals surface area contributed by atoms with Gasteiger partial charge in [-0.15, -0.1) is 0 Å². The van der Waals surface area contributed by atoms with Gasteiger partial charge in [0.1, 0.15) is 0 Å². The van der Waals surface area contributed by atoms with E-state index in [4.69, 9.17) is 4.89 Å². The van der Waals surface area contributed by atoms with Crippen LogP contribution in [0.2, 0.25) is 0 Å². The van der Waals surface area contributed by atoms with E-state index < -0.39 is 8.03 Å². The molecule has 0 amide bonds. The van der Waals surface area contributed by atoms with Gasteiger partial charge in [-0.25, -0.2) is 0 Å². The van der Waals surface area contributed by atoms with Crippen LogP contribution in [-0.4, -0.2) is 4.89 Å². The number of aryl methyl sites for hydroxylation is 1. The van der Waals surface area contributed by atoms with Crippen LogP contribution in [0.25, 0.3) is 0 Å². The summed E-state index contributed by atoms with van der Waals surface area (Å²) in [6.07, 6.45) is 0.965. The molecule has 11 heavy (non-hydrogen) atoms. The topological polar surface area (TPSA) is 37.3 Å². The van der Waals surface area contributed by atoms with Crippen LogP contribution in [0.5, 0.6) is 0 Å². The predicted octanol–water partition coefficient (Wildman–Crippen LogP) is 1.34. The van der Waals surface area contributed by atoms with Crippen molar-refractivity contribution in [2.75, 3.05) is 0 Å². The third-order valence-corrected chi connectivity index (χ3v) is 2.44. The molecule has 1 rings (SSSR count). The molecule has 2 nitrogen and oxygen atoms in total. The van der Waals surface area contributed by atoms with Crippen molar-refractivity contribution in [1.29, 1.82) is 0 Å². The first-order chi connectivity index (χ1) is 5.24. The molecule has 0 saturated carbocycles. The maximum Gasteiger partial charge on any atom is 0.218 e. The van der Waals surface area contributed by atoms with Gasteiger partial charge in [0.25, 0.3) is 0 Å². The van der Waals surface area contributed by atoms with Crippen LogP contribution in [-0.2, 0) is 11.0 Å². The SMILES string of the molecule is CCc1ccc([PH](=O)O)cc1. The van der Waals surface area contributed by atoms with Crippen LogP contribution in [0.15, 0.2) is 24.3 Å². The van der Waals surface area contributed by atoms with Crippen molar-refractivity contribution in [1.82, 2.24) is 0 Å². The average Bonchev–Trinajstić information content (AvgIpc) is 2.05. The Hall–Kier alpha value is -0.590. The van der Waals surface area contributed by atoms with Gasteiger partial charge in [0.15, 0.2) is 0 Å². The Morgan fingerprint density at radius 3 is 2.27 bits per heavy atom. The minimum absolute atomic E-state index is 0.534. The number of benzene rings is 1. The van der Waals surface area contributed by atoms with Crippen molar-refractivity contribution >= 4 is 13.3 Å². The minimum Gasteiger partial charge on any atom is -0.343 e. The Morgan fingerprint density at radius 1 is 1.36 bits per heavy atom. The maximum atomic E-state index is 10.6. The summed E-state index contributed by atoms with van der Waals surface area (Å²) in [6, 6.07) is 7.18. The van der Waals surface area contributed by atoms with E-state index in [1.165, 1.54) is 5.56 Å². The Balaban J connectivity index is 2.91. The van der Waals surface area contributed by atoms with E-state index in [9.17, 15) is 4.57 Å². The highest BCUT2D eigenvalue weighted by molar-refractivity contribution is 7.47. The summed E-state index contributed by atoms with van der Waals surface area (Å²) in [5, 5.41) is 0.534. The molecule has 0 spiro atoms. The lowest BCUT2D eigenvalue weighted by Crippen LogP contribution is -1.94. The minimum atomic E-state index is -2.49. The lowest BCUT2D eigenvalue weighted by atomic mass is 10.2. The smallest absolute Gasteiger partial charge is 0.218 e. The summed E-state index contributed by atoms with van der Waals surface area (Å²) in [4.78, 5) is 8.73. The Bertz CT molecular complexity index is 253. The summed E-state index contributed by atoms with van der Waals surface area (Å²) in [5.41, 5.74) is 1.19. The molecule has 0 bridgehead atoms. The quantitative estimate of drug-likeness (QED) is 0.680. The fourth-order valence-electron chi connectivity index (χ4n) is 0.883. The molecule has 0 aliphatic rings. The summed E-state index contributed by atoms with van der Waals surface area (Å²) < 4.78 is 10.6. The standard InChI is InChI=1S/C8H11O2P/c1-2-7-3-5-8(6-4-7)11(9)10/h3-6,11H,2H2,1H3,(H,9,10). The van der Waals surface area contributed by atoms with E-state index in [-0.39, 0.29) is 0 Å². The van der Waals surface area contributed by atoms with E-state index in [0.29, 0.717) is 5.30 Å². The van der Waals surface area contributed by atoms with Crippen LogP contribution < -0.4 is 5.30 Å². The van der Waals surface area contributed by atoms with Crippen molar-refractivity contribution in [3.63, 3.8) is 0 Å². The highest BCUT2D eigenvalue weighted by Crippen LogP contribution is 2.12. The van der Waals surface area contributed by atoms with Gasteiger partial charge in [-0.1, -0.05) is 19.1 Å². The van der Waals surface area contributed by atoms with Gasteiger partial charge in [-0.2, -0.15) is 0 Å². The molecular weight excluding hydrogens is 159 g/mol. The second-order valence-electron chi connectivity index (χ2n) is 2.36. The Kier molecular flexibility index (Phi) is 2.86. The molecule has 3 heteroatoms. The fourth-order valence-corrected chi connectivity index (χ4v) is 1.33. The molecule has 0 aliphatic heterocycles. The molecule has 0 radical (unpaired) electrons. The molecule has 0 fully saturated rings. The Labute approximate surface area is 66.7 Å². The van der Waals surface area contributed by atoms with Gasteiger partial charge in [-0.05, 0) is 24.1 Å². The first-order valence-electron chi connectivity index (χ1n) is 3.56. The fraction of sp³-hybridized carbons (Fsp3) is 0.250. The first kappa shape index (κ1) is 8.51. The summed E-state index contributed by atoms with van der Waals surface area (Å²) in [7, 11) is -2.49. The highest BCUT2D eigenvalue weighted by Gasteiger charge is 1.96. The molecule has 0 aromatic heterocycles. The first-order valence-corrected chi connectivity index (χ1v) is 4.92. The normalized spacial score (nSPS) is 12.9. The van der Waals surface area contributed by atoms with Gasteiger partial charge in [0.05, 0.1) is 0 Å². The van der Waals surface area contributed by atoms with Crippen molar-refractivity contribution in [3.8, 4) is 0 Å². The Morgan fingerprint density at radius 2 is 1.91 bits per heavy atom. The predicted molar refractivity (Wildman–Crippen MR) is 46.7 cm³/mol. The van der Waals surface area contributed by atoms with Crippen LogP contribution in [0.3, 0.4) is 0 Å². The molecule has 0 aliphatic carbocycles. The van der Waals surface area contributed by atoms with Crippen LogP contribution in [0.1, 0.15) is 12.5 Å². The van der Waals surface area contributed by atoms with Gasteiger partial charge in [0, 0.05) is 5.30 Å². The van der Waals surface area contributed by atoms with Crippen molar-refractivity contribution in [3.05, 3.63) is 29.8 Å². The van der Waals surface area contributed by atoms with Crippen molar-refractivity contribution in [2.24, 2.45) is 0 Å². The summed E-state index contributed by atoms with van der Waals surface area (Å²) in [5.74, 6) is 0. The zero-order chi connectivity index (χ0) is 8.27. The third kappa shape index (κ3) is 2.18. The van der Waals surface area contributed by atoms with E-state index in [1.807, 2.05) is 12.1 Å². The maximum absolute atomic E-state index is 10.6. The molecule has 0 saturated heterocycles. The molecule has 1 N–H and O–H groups in total. The van der Waals surface area contributed by atoms with E-state index >= 15 is 0 Å². The van der Waals surface area contributed by atoms with Gasteiger partial charge in [0.2, 0.25) is 8.03 Å². The lowest BCUT2D eigenvalue weighted by Gasteiger charge is -1.97. The molecule has 1 atom stereocenters. The largest absolute Gasteiger partial charge is 0.343 e. The monoisotopic (exact) mass is 170 g/mol. The van der Waals surface area contributed by atoms with Crippen LogP contribution in [0.4, 0.5) is 0 Å². The average molecular weight is 170 g/mol.